The van der Waals surface area contributed by atoms with E-state index in [9.17, 15) is 14.3 Å². The minimum atomic E-state index is -4.33. The van der Waals surface area contributed by atoms with Gasteiger partial charge in [-0.25, -0.2) is 4.57 Å². The van der Waals surface area contributed by atoms with Crippen molar-refractivity contribution in [3.63, 3.8) is 0 Å². The Balaban J connectivity index is 2.22. The second kappa shape index (κ2) is 37.1. The summed E-state index contributed by atoms with van der Waals surface area (Å²) in [7, 11) is -4.33. The molecule has 0 aromatic rings. The second-order valence-electron chi connectivity index (χ2n) is 13.9. The zero-order valence-corrected chi connectivity index (χ0v) is 35.2. The quantitative estimate of drug-likeness (QED) is 0.0157. The molecular weight excluding hydrogens is 713 g/mol. The van der Waals surface area contributed by atoms with Gasteiger partial charge in [0, 0.05) is 13.0 Å². The smallest absolute Gasteiger partial charge is 0.472 e. The molecule has 1 aliphatic heterocycles. The Morgan fingerprint density at radius 3 is 1.76 bits per heavy atom. The number of esters is 1. The molecule has 0 radical (unpaired) electrons. The van der Waals surface area contributed by atoms with E-state index < -0.39 is 19.9 Å². The minimum Gasteiger partial charge on any atom is -0.498 e. The van der Waals surface area contributed by atoms with Crippen LogP contribution in [-0.4, -0.2) is 55.5 Å². The maximum atomic E-state index is 12.5. The van der Waals surface area contributed by atoms with Gasteiger partial charge in [-0.2, -0.15) is 0 Å². The lowest BCUT2D eigenvalue weighted by molar-refractivity contribution is -0.153. The first-order chi connectivity index (χ1) is 26.9. The molecule has 4 atom stereocenters. The van der Waals surface area contributed by atoms with E-state index in [0.717, 1.165) is 51.4 Å². The molecule has 3 N–H and O–H groups in total. The van der Waals surface area contributed by atoms with Crippen LogP contribution in [-0.2, 0) is 32.6 Å². The van der Waals surface area contributed by atoms with E-state index in [2.05, 4.69) is 74.6 Å². The molecule has 314 valence electrons. The number of allylic oxidation sites excluding steroid dienone is 12. The van der Waals surface area contributed by atoms with Gasteiger partial charge in [0.2, 0.25) is 0 Å². The number of carbonyl (C=O) groups is 1. The van der Waals surface area contributed by atoms with Gasteiger partial charge < -0.3 is 24.8 Å². The Morgan fingerprint density at radius 1 is 0.673 bits per heavy atom. The summed E-state index contributed by atoms with van der Waals surface area (Å²) in [6.07, 6.45) is 52.0. The lowest BCUT2D eigenvalue weighted by atomic mass is 10.1. The van der Waals surface area contributed by atoms with E-state index in [4.69, 9.17) is 29.0 Å². The van der Waals surface area contributed by atoms with Gasteiger partial charge >= 0.3 is 13.8 Å². The highest BCUT2D eigenvalue weighted by Crippen LogP contribution is 2.43. The van der Waals surface area contributed by atoms with E-state index in [-0.39, 0.29) is 32.8 Å². The molecule has 55 heavy (non-hydrogen) atoms. The Labute approximate surface area is 334 Å². The fourth-order valence-corrected chi connectivity index (χ4v) is 6.39. The summed E-state index contributed by atoms with van der Waals surface area (Å²) in [4.78, 5) is 22.4. The SMILES string of the molecule is CCCCCCCCCCCCC/C=C\C/C=C\OCC(COP(=O)(O)OCCN)OC(=O)CC/C=C\C/C=C\C/C=C\C/C=C\C/C=C\CC1OC1CC. The van der Waals surface area contributed by atoms with Gasteiger partial charge in [0.25, 0.3) is 0 Å². The predicted octanol–water partition coefficient (Wildman–Crippen LogP) is 11.9. The van der Waals surface area contributed by atoms with Crippen LogP contribution in [0.4, 0.5) is 0 Å². The van der Waals surface area contributed by atoms with E-state index in [1.54, 1.807) is 6.26 Å². The van der Waals surface area contributed by atoms with Crippen LogP contribution in [0.5, 0.6) is 0 Å². The Hall–Kier alpha value is -2.52. The summed E-state index contributed by atoms with van der Waals surface area (Å²) in [5, 5.41) is 0. The van der Waals surface area contributed by atoms with Crippen LogP contribution < -0.4 is 5.73 Å². The molecule has 1 saturated heterocycles. The van der Waals surface area contributed by atoms with Gasteiger partial charge in [-0.1, -0.05) is 151 Å². The Bertz CT molecular complexity index is 1180. The van der Waals surface area contributed by atoms with Gasteiger partial charge in [0.15, 0.2) is 6.10 Å². The largest absolute Gasteiger partial charge is 0.498 e. The number of hydrogen-bond donors (Lipinski definition) is 2. The van der Waals surface area contributed by atoms with Crippen molar-refractivity contribution in [1.82, 2.24) is 0 Å². The van der Waals surface area contributed by atoms with Crippen molar-refractivity contribution in [2.45, 2.75) is 167 Å². The van der Waals surface area contributed by atoms with Crippen LogP contribution in [0.3, 0.4) is 0 Å². The number of phosphoric acid groups is 1. The molecule has 0 bridgehead atoms. The molecule has 0 amide bonds. The Morgan fingerprint density at radius 2 is 1.20 bits per heavy atom. The standard InChI is InChI=1S/C45H76NO8P/c1-3-5-6-7-8-9-10-11-12-16-19-22-25-28-31-34-38-50-40-42(41-52-55(48,49)51-39-37-46)53-45(47)36-33-30-27-24-21-18-15-13-14-17-20-23-26-29-32-35-44-43(4-2)54-44/h13-14,18,20-21,23,25,27-30,32,34,38,42-44H,3-12,15-17,19,22,24,26,31,33,35-37,39-41,46H2,1-2H3,(H,48,49)/b14-13-,21-18-,23-20-,28-25-,30-27-,32-29-,38-34-. The molecule has 4 unspecified atom stereocenters. The van der Waals surface area contributed by atoms with Crippen molar-refractivity contribution in [2.24, 2.45) is 5.73 Å². The first-order valence-electron chi connectivity index (χ1n) is 21.2. The molecule has 0 saturated carbocycles. The predicted molar refractivity (Wildman–Crippen MR) is 228 cm³/mol. The summed E-state index contributed by atoms with van der Waals surface area (Å²) in [5.74, 6) is -0.449. The van der Waals surface area contributed by atoms with Gasteiger partial charge in [-0.15, -0.1) is 0 Å². The van der Waals surface area contributed by atoms with Gasteiger partial charge in [0.05, 0.1) is 31.7 Å². The molecule has 9 nitrogen and oxygen atoms in total. The highest BCUT2D eigenvalue weighted by molar-refractivity contribution is 7.47. The van der Waals surface area contributed by atoms with Crippen LogP contribution in [0.2, 0.25) is 0 Å². The van der Waals surface area contributed by atoms with Crippen LogP contribution in [0.25, 0.3) is 0 Å². The maximum Gasteiger partial charge on any atom is 0.472 e. The third kappa shape index (κ3) is 34.5. The molecule has 1 aliphatic rings. The fourth-order valence-electron chi connectivity index (χ4n) is 5.63. The third-order valence-electron chi connectivity index (χ3n) is 8.88. The zero-order chi connectivity index (χ0) is 39.9. The van der Waals surface area contributed by atoms with Gasteiger partial charge in [0.1, 0.15) is 6.61 Å². The van der Waals surface area contributed by atoms with Crippen molar-refractivity contribution >= 4 is 13.8 Å². The summed E-state index contributed by atoms with van der Waals surface area (Å²) in [6.45, 7) is 3.99. The lowest BCUT2D eigenvalue weighted by Crippen LogP contribution is -2.27. The number of hydrogen-bond acceptors (Lipinski definition) is 8. The summed E-state index contributed by atoms with van der Waals surface area (Å²) < 4.78 is 38.5. The number of carbonyl (C=O) groups excluding carboxylic acids is 1. The average Bonchev–Trinajstić information content (AvgIpc) is 3.95. The number of epoxide rings is 1. The number of rotatable bonds is 38. The third-order valence-corrected chi connectivity index (χ3v) is 9.86. The van der Waals surface area contributed by atoms with Crippen molar-refractivity contribution < 1.29 is 37.5 Å². The molecule has 1 heterocycles. The molecule has 0 aliphatic carbocycles. The van der Waals surface area contributed by atoms with Crippen molar-refractivity contribution in [3.05, 3.63) is 85.3 Å². The fraction of sp³-hybridized carbons (Fsp3) is 0.667. The number of unbranched alkanes of at least 4 members (excludes halogenated alkanes) is 11. The lowest BCUT2D eigenvalue weighted by Gasteiger charge is -2.19. The molecule has 0 aromatic heterocycles. The molecule has 1 rings (SSSR count). The van der Waals surface area contributed by atoms with Gasteiger partial charge in [-0.05, 0) is 70.3 Å². The monoisotopic (exact) mass is 790 g/mol. The highest BCUT2D eigenvalue weighted by atomic mass is 31.2. The number of ether oxygens (including phenoxy) is 3. The van der Waals surface area contributed by atoms with Crippen LogP contribution in [0.1, 0.15) is 149 Å². The maximum absolute atomic E-state index is 12.5. The Kier molecular flexibility index (Phi) is 34.0. The molecular formula is C45H76NO8P. The molecule has 10 heteroatoms. The normalized spacial score (nSPS) is 18.0. The van der Waals surface area contributed by atoms with Crippen LogP contribution in [0, 0.1) is 0 Å². The van der Waals surface area contributed by atoms with Crippen LogP contribution >= 0.6 is 7.82 Å². The van der Waals surface area contributed by atoms with E-state index in [1.807, 2.05) is 18.2 Å². The van der Waals surface area contributed by atoms with E-state index in [0.29, 0.717) is 18.6 Å². The second-order valence-corrected chi connectivity index (χ2v) is 15.4. The van der Waals surface area contributed by atoms with Crippen molar-refractivity contribution in [2.75, 3.05) is 26.4 Å². The van der Waals surface area contributed by atoms with Crippen molar-refractivity contribution in [3.8, 4) is 0 Å². The highest BCUT2D eigenvalue weighted by Gasteiger charge is 2.35. The first kappa shape index (κ1) is 50.5. The first-order valence-corrected chi connectivity index (χ1v) is 22.7. The van der Waals surface area contributed by atoms with Crippen LogP contribution in [0.15, 0.2) is 85.3 Å². The summed E-state index contributed by atoms with van der Waals surface area (Å²) in [6, 6.07) is 0. The van der Waals surface area contributed by atoms with Gasteiger partial charge in [-0.3, -0.25) is 13.8 Å². The average molecular weight is 790 g/mol. The topological polar surface area (TPSA) is 130 Å². The summed E-state index contributed by atoms with van der Waals surface area (Å²) >= 11 is 0. The molecule has 0 aromatic carbocycles. The number of nitrogens with two attached hydrogens (primary N) is 1. The van der Waals surface area contributed by atoms with E-state index >= 15 is 0 Å². The summed E-state index contributed by atoms with van der Waals surface area (Å²) in [5.41, 5.74) is 5.35. The van der Waals surface area contributed by atoms with Crippen molar-refractivity contribution in [1.29, 1.82) is 0 Å². The zero-order valence-electron chi connectivity index (χ0n) is 34.3. The minimum absolute atomic E-state index is 0.0274. The molecule has 1 fully saturated rings. The molecule has 0 spiro atoms. The number of phosphoric ester groups is 1. The van der Waals surface area contributed by atoms with E-state index in [1.165, 1.54) is 70.6 Å².